The molecule has 0 aromatic heterocycles. The molecule has 1 unspecified atom stereocenters. The highest BCUT2D eigenvalue weighted by Crippen LogP contribution is 2.27. The van der Waals surface area contributed by atoms with Crippen molar-refractivity contribution in [2.75, 3.05) is 19.6 Å². The third-order valence-electron chi connectivity index (χ3n) is 7.05. The standard InChI is InChI=1S/C31H31N3O5S2/c35-31(32(23-26-13-5-1-6-14-26)24-27-15-7-2-8-16-27)30-25-33(40(36,37)28-17-9-3-10-18-28)21-22-34(30)41(38,39)29-19-11-4-12-20-29/h1-20,30H,21-25H2. The van der Waals surface area contributed by atoms with E-state index >= 15 is 0 Å². The minimum absolute atomic E-state index is 0.0508. The molecule has 4 aromatic carbocycles. The molecule has 0 spiro atoms. The lowest BCUT2D eigenvalue weighted by molar-refractivity contribution is -0.137. The molecule has 1 amide bonds. The summed E-state index contributed by atoms with van der Waals surface area (Å²) in [4.78, 5) is 16.1. The maximum absolute atomic E-state index is 14.4. The van der Waals surface area contributed by atoms with E-state index in [1.807, 2.05) is 60.7 Å². The normalized spacial score (nSPS) is 16.7. The van der Waals surface area contributed by atoms with Gasteiger partial charge in [0, 0.05) is 32.7 Å². The van der Waals surface area contributed by atoms with Crippen molar-refractivity contribution in [3.63, 3.8) is 0 Å². The van der Waals surface area contributed by atoms with E-state index in [0.717, 1.165) is 15.4 Å². The van der Waals surface area contributed by atoms with Crippen LogP contribution in [0.5, 0.6) is 0 Å². The van der Waals surface area contributed by atoms with Gasteiger partial charge in [-0.05, 0) is 35.4 Å². The third kappa shape index (κ3) is 6.41. The summed E-state index contributed by atoms with van der Waals surface area (Å²) in [5.74, 6) is -0.467. The number of nitrogens with zero attached hydrogens (tertiary/aromatic N) is 3. The lowest BCUT2D eigenvalue weighted by Crippen LogP contribution is -2.61. The first-order valence-corrected chi connectivity index (χ1v) is 16.1. The Morgan fingerprint density at radius 3 is 1.49 bits per heavy atom. The number of hydrogen-bond acceptors (Lipinski definition) is 5. The molecule has 1 aliphatic rings. The molecule has 1 atom stereocenters. The van der Waals surface area contributed by atoms with Gasteiger partial charge in [0.05, 0.1) is 9.79 Å². The van der Waals surface area contributed by atoms with E-state index < -0.39 is 32.0 Å². The zero-order chi connectivity index (χ0) is 28.9. The molecule has 1 fully saturated rings. The van der Waals surface area contributed by atoms with E-state index in [1.165, 1.54) is 28.6 Å². The SMILES string of the molecule is O=C(C1CN(S(=O)(=O)c2ccccc2)CCN1S(=O)(=O)c1ccccc1)N(Cc1ccccc1)Cc1ccccc1. The van der Waals surface area contributed by atoms with Crippen LogP contribution in [0, 0.1) is 0 Å². The van der Waals surface area contributed by atoms with Crippen LogP contribution in [0.15, 0.2) is 131 Å². The fourth-order valence-corrected chi connectivity index (χ4v) is 7.99. The number of carbonyl (C=O) groups excluding carboxylic acids is 1. The number of sulfonamides is 2. The second-order valence-corrected chi connectivity index (χ2v) is 13.6. The molecular formula is C31H31N3O5S2. The van der Waals surface area contributed by atoms with Crippen molar-refractivity contribution in [2.24, 2.45) is 0 Å². The van der Waals surface area contributed by atoms with Crippen molar-refractivity contribution in [1.29, 1.82) is 0 Å². The van der Waals surface area contributed by atoms with E-state index in [9.17, 15) is 21.6 Å². The third-order valence-corrected chi connectivity index (χ3v) is 10.9. The first kappa shape index (κ1) is 28.7. The average molecular weight is 590 g/mol. The Hall–Kier alpha value is -3.83. The molecule has 212 valence electrons. The van der Waals surface area contributed by atoms with Crippen molar-refractivity contribution >= 4 is 26.0 Å². The van der Waals surface area contributed by atoms with E-state index in [0.29, 0.717) is 0 Å². The maximum Gasteiger partial charge on any atom is 0.243 e. The first-order chi connectivity index (χ1) is 19.8. The predicted molar refractivity (Wildman–Crippen MR) is 156 cm³/mol. The van der Waals surface area contributed by atoms with Crippen LogP contribution >= 0.6 is 0 Å². The Kier molecular flexibility index (Phi) is 8.65. The van der Waals surface area contributed by atoms with Gasteiger partial charge in [-0.25, -0.2) is 16.8 Å². The summed E-state index contributed by atoms with van der Waals surface area (Å²) in [6, 6.07) is 33.5. The van der Waals surface area contributed by atoms with Crippen molar-refractivity contribution in [2.45, 2.75) is 28.9 Å². The summed E-state index contributed by atoms with van der Waals surface area (Å²) in [6.07, 6.45) is 0. The topological polar surface area (TPSA) is 95.1 Å². The van der Waals surface area contributed by atoms with Crippen molar-refractivity contribution in [1.82, 2.24) is 13.5 Å². The summed E-state index contributed by atoms with van der Waals surface area (Å²) in [5, 5.41) is 0. The average Bonchev–Trinajstić information content (AvgIpc) is 3.02. The van der Waals surface area contributed by atoms with Gasteiger partial charge < -0.3 is 4.90 Å². The van der Waals surface area contributed by atoms with Gasteiger partial charge in [-0.15, -0.1) is 0 Å². The van der Waals surface area contributed by atoms with Gasteiger partial charge in [-0.2, -0.15) is 8.61 Å². The van der Waals surface area contributed by atoms with Gasteiger partial charge in [-0.3, -0.25) is 4.79 Å². The lowest BCUT2D eigenvalue weighted by atomic mass is 10.1. The van der Waals surface area contributed by atoms with Crippen molar-refractivity contribution in [3.05, 3.63) is 132 Å². The molecule has 8 nitrogen and oxygen atoms in total. The van der Waals surface area contributed by atoms with Gasteiger partial charge in [0.1, 0.15) is 6.04 Å². The second-order valence-electron chi connectivity index (χ2n) is 9.79. The Labute approximate surface area is 241 Å². The Morgan fingerprint density at radius 1 is 0.610 bits per heavy atom. The van der Waals surface area contributed by atoms with Crippen LogP contribution in [0.4, 0.5) is 0 Å². The Morgan fingerprint density at radius 2 is 1.02 bits per heavy atom. The molecule has 1 saturated heterocycles. The summed E-state index contributed by atoms with van der Waals surface area (Å²) < 4.78 is 57.2. The largest absolute Gasteiger partial charge is 0.333 e. The molecule has 0 bridgehead atoms. The Balaban J connectivity index is 1.54. The summed E-state index contributed by atoms with van der Waals surface area (Å²) in [6.45, 7) is -0.0810. The molecule has 1 aliphatic heterocycles. The highest BCUT2D eigenvalue weighted by atomic mass is 32.2. The lowest BCUT2D eigenvalue weighted by Gasteiger charge is -2.41. The molecule has 0 N–H and O–H groups in total. The van der Waals surface area contributed by atoms with E-state index in [2.05, 4.69) is 0 Å². The van der Waals surface area contributed by atoms with E-state index in [1.54, 1.807) is 41.3 Å². The number of rotatable bonds is 9. The number of hydrogen-bond donors (Lipinski definition) is 0. The number of piperazine rings is 1. The quantitative estimate of drug-likeness (QED) is 0.294. The predicted octanol–water partition coefficient (Wildman–Crippen LogP) is 3.98. The second kappa shape index (κ2) is 12.4. The van der Waals surface area contributed by atoms with Crippen LogP contribution in [0.3, 0.4) is 0 Å². The molecule has 0 saturated carbocycles. The minimum Gasteiger partial charge on any atom is -0.333 e. The van der Waals surface area contributed by atoms with Crippen LogP contribution in [0.1, 0.15) is 11.1 Å². The highest BCUT2D eigenvalue weighted by molar-refractivity contribution is 7.89. The minimum atomic E-state index is -4.10. The van der Waals surface area contributed by atoms with Crippen LogP contribution in [-0.4, -0.2) is 61.9 Å². The van der Waals surface area contributed by atoms with Crippen molar-refractivity contribution in [3.8, 4) is 0 Å². The molecule has 0 aliphatic carbocycles. The van der Waals surface area contributed by atoms with Gasteiger partial charge in [0.2, 0.25) is 26.0 Å². The van der Waals surface area contributed by atoms with Gasteiger partial charge in [0.25, 0.3) is 0 Å². The molecule has 0 radical (unpaired) electrons. The molecule has 4 aromatic rings. The van der Waals surface area contributed by atoms with Crippen LogP contribution in [-0.2, 0) is 37.9 Å². The van der Waals surface area contributed by atoms with E-state index in [-0.39, 0.29) is 42.5 Å². The summed E-state index contributed by atoms with van der Waals surface area (Å²) >= 11 is 0. The highest BCUT2D eigenvalue weighted by Gasteiger charge is 2.44. The fraction of sp³-hybridized carbons (Fsp3) is 0.194. The number of benzene rings is 4. The van der Waals surface area contributed by atoms with Gasteiger partial charge in [-0.1, -0.05) is 97.1 Å². The molecule has 1 heterocycles. The molecular weight excluding hydrogens is 558 g/mol. The van der Waals surface area contributed by atoms with Crippen LogP contribution in [0.25, 0.3) is 0 Å². The first-order valence-electron chi connectivity index (χ1n) is 13.3. The van der Waals surface area contributed by atoms with Crippen LogP contribution in [0.2, 0.25) is 0 Å². The molecule has 10 heteroatoms. The maximum atomic E-state index is 14.4. The zero-order valence-corrected chi connectivity index (χ0v) is 24.0. The monoisotopic (exact) mass is 589 g/mol. The fourth-order valence-electron chi connectivity index (χ4n) is 4.95. The molecule has 41 heavy (non-hydrogen) atoms. The number of amides is 1. The Bertz CT molecular complexity index is 1630. The number of carbonyl (C=O) groups is 1. The summed E-state index contributed by atoms with van der Waals surface area (Å²) in [5.41, 5.74) is 1.75. The smallest absolute Gasteiger partial charge is 0.243 e. The summed E-state index contributed by atoms with van der Waals surface area (Å²) in [7, 11) is -8.07. The molecule has 5 rings (SSSR count). The van der Waals surface area contributed by atoms with Gasteiger partial charge >= 0.3 is 0 Å². The zero-order valence-electron chi connectivity index (χ0n) is 22.4. The van der Waals surface area contributed by atoms with E-state index in [4.69, 9.17) is 0 Å². The van der Waals surface area contributed by atoms with Crippen LogP contribution < -0.4 is 0 Å². The van der Waals surface area contributed by atoms with Crippen molar-refractivity contribution < 1.29 is 21.6 Å². The van der Waals surface area contributed by atoms with Gasteiger partial charge in [0.15, 0.2) is 0 Å².